The molecule has 1 fully saturated rings. The van der Waals surface area contributed by atoms with Crippen molar-refractivity contribution in [1.29, 1.82) is 0 Å². The number of nitrogens with one attached hydrogen (secondary N) is 2. The predicted molar refractivity (Wildman–Crippen MR) is 115 cm³/mol. The number of para-hydroxylation sites is 2. The maximum Gasteiger partial charge on any atom is 0.244 e. The van der Waals surface area contributed by atoms with Crippen molar-refractivity contribution >= 4 is 39.3 Å². The molecule has 5 rings (SSSR count). The van der Waals surface area contributed by atoms with Crippen LogP contribution in [0.3, 0.4) is 0 Å². The molecule has 1 aliphatic heterocycles. The molecule has 7 nitrogen and oxygen atoms in total. The molecule has 0 saturated carbocycles. The van der Waals surface area contributed by atoms with Gasteiger partial charge in [-0.3, -0.25) is 4.79 Å². The second-order valence-electron chi connectivity index (χ2n) is 7.55. The van der Waals surface area contributed by atoms with E-state index in [4.69, 9.17) is 5.73 Å². The molecular formula is C22H22N6O. The molecule has 0 spiro atoms. The minimum atomic E-state index is -0.890. The second kappa shape index (κ2) is 6.86. The highest BCUT2D eigenvalue weighted by molar-refractivity contribution is 6.11. The number of H-pyrrole nitrogens is 1. The lowest BCUT2D eigenvalue weighted by Crippen LogP contribution is -2.58. The van der Waals surface area contributed by atoms with E-state index in [1.807, 2.05) is 48.5 Å². The average molecular weight is 386 g/mol. The van der Waals surface area contributed by atoms with Gasteiger partial charge in [-0.05, 0) is 31.0 Å². The highest BCUT2D eigenvalue weighted by Crippen LogP contribution is 2.33. The van der Waals surface area contributed by atoms with Crippen molar-refractivity contribution in [1.82, 2.24) is 15.0 Å². The minimum absolute atomic E-state index is 0.136. The molecule has 3 heterocycles. The van der Waals surface area contributed by atoms with Crippen molar-refractivity contribution < 1.29 is 4.79 Å². The summed E-state index contributed by atoms with van der Waals surface area (Å²) in [6, 6.07) is 17.6. The van der Waals surface area contributed by atoms with Gasteiger partial charge >= 0.3 is 0 Å². The van der Waals surface area contributed by atoms with Gasteiger partial charge in [0, 0.05) is 29.7 Å². The predicted octanol–water partition coefficient (Wildman–Crippen LogP) is 3.05. The third kappa shape index (κ3) is 3.09. The monoisotopic (exact) mass is 386 g/mol. The Bertz CT molecular complexity index is 1180. The van der Waals surface area contributed by atoms with Gasteiger partial charge < -0.3 is 20.9 Å². The highest BCUT2D eigenvalue weighted by Gasteiger charge is 2.38. The number of nitrogens with zero attached hydrogens (tertiary/aromatic N) is 3. The van der Waals surface area contributed by atoms with Gasteiger partial charge in [0.1, 0.15) is 17.8 Å². The first-order chi connectivity index (χ1) is 14.1. The maximum atomic E-state index is 12.8. The van der Waals surface area contributed by atoms with Gasteiger partial charge in [0.25, 0.3) is 0 Å². The highest BCUT2D eigenvalue weighted by atomic mass is 16.2. The van der Waals surface area contributed by atoms with Crippen LogP contribution in [0.1, 0.15) is 12.8 Å². The van der Waals surface area contributed by atoms with E-state index in [2.05, 4.69) is 31.2 Å². The lowest BCUT2D eigenvalue weighted by Gasteiger charge is -2.38. The molecule has 1 saturated heterocycles. The Labute approximate surface area is 167 Å². The molecule has 0 unspecified atom stereocenters. The lowest BCUT2D eigenvalue weighted by atomic mass is 9.87. The summed E-state index contributed by atoms with van der Waals surface area (Å²) in [4.78, 5) is 27.3. The fraction of sp³-hybridized carbons (Fsp3) is 0.227. The summed E-state index contributed by atoms with van der Waals surface area (Å²) in [6.45, 7) is 1.31. The second-order valence-corrected chi connectivity index (χ2v) is 7.55. The molecule has 146 valence electrons. The Kier molecular flexibility index (Phi) is 4.17. The lowest BCUT2D eigenvalue weighted by molar-refractivity contribution is -0.121. The van der Waals surface area contributed by atoms with E-state index in [0.717, 1.165) is 33.4 Å². The quantitative estimate of drug-likeness (QED) is 0.502. The number of fused-ring (bicyclic) bond motifs is 3. The number of benzene rings is 2. The normalized spacial score (nSPS) is 16.2. The Morgan fingerprint density at radius 2 is 1.76 bits per heavy atom. The number of aromatic nitrogens is 3. The first-order valence-electron chi connectivity index (χ1n) is 9.76. The van der Waals surface area contributed by atoms with Crippen LogP contribution in [0, 0.1) is 0 Å². The number of piperidine rings is 1. The number of nitrogens with two attached hydrogens (primary N) is 1. The van der Waals surface area contributed by atoms with Crippen LogP contribution in [-0.4, -0.2) is 39.5 Å². The summed E-state index contributed by atoms with van der Waals surface area (Å²) < 4.78 is 0. The van der Waals surface area contributed by atoms with Gasteiger partial charge in [-0.15, -0.1) is 0 Å². The molecular weight excluding hydrogens is 364 g/mol. The van der Waals surface area contributed by atoms with Gasteiger partial charge in [-0.25, -0.2) is 9.97 Å². The van der Waals surface area contributed by atoms with Crippen LogP contribution >= 0.6 is 0 Å². The number of carbonyl (C=O) groups excluding carboxylic acids is 1. The summed E-state index contributed by atoms with van der Waals surface area (Å²) >= 11 is 0. The SMILES string of the molecule is NC1(C(=O)Nc2ccccc2)CCN(c2ncnc3[nH]c4ccccc4c23)CC1. The van der Waals surface area contributed by atoms with Crippen molar-refractivity contribution in [3.8, 4) is 0 Å². The molecule has 0 radical (unpaired) electrons. The van der Waals surface area contributed by atoms with Crippen LogP contribution in [0.5, 0.6) is 0 Å². The van der Waals surface area contributed by atoms with Crippen molar-refractivity contribution in [2.24, 2.45) is 5.73 Å². The number of hydrogen-bond donors (Lipinski definition) is 3. The van der Waals surface area contributed by atoms with Gasteiger partial charge in [-0.2, -0.15) is 0 Å². The largest absolute Gasteiger partial charge is 0.356 e. The zero-order valence-electron chi connectivity index (χ0n) is 15.9. The molecule has 1 amide bonds. The number of aromatic amines is 1. The first kappa shape index (κ1) is 17.6. The molecule has 2 aromatic heterocycles. The van der Waals surface area contributed by atoms with Gasteiger partial charge in [0.2, 0.25) is 5.91 Å². The topological polar surface area (TPSA) is 99.9 Å². The third-order valence-electron chi connectivity index (χ3n) is 5.72. The van der Waals surface area contributed by atoms with E-state index in [1.54, 1.807) is 6.33 Å². The van der Waals surface area contributed by atoms with Gasteiger partial charge in [0.15, 0.2) is 0 Å². The van der Waals surface area contributed by atoms with Crippen LogP contribution in [-0.2, 0) is 4.79 Å². The molecule has 0 aliphatic carbocycles. The summed E-state index contributed by atoms with van der Waals surface area (Å²) in [5.74, 6) is 0.751. The van der Waals surface area contributed by atoms with E-state index in [9.17, 15) is 4.79 Å². The van der Waals surface area contributed by atoms with Crippen molar-refractivity contribution in [2.75, 3.05) is 23.3 Å². The zero-order chi connectivity index (χ0) is 19.8. The zero-order valence-corrected chi connectivity index (χ0v) is 15.9. The summed E-state index contributed by atoms with van der Waals surface area (Å²) in [5.41, 5.74) is 8.23. The van der Waals surface area contributed by atoms with Crippen molar-refractivity contribution in [3.05, 3.63) is 60.9 Å². The van der Waals surface area contributed by atoms with Crippen LogP contribution in [0.15, 0.2) is 60.9 Å². The molecule has 2 aromatic carbocycles. The fourth-order valence-corrected chi connectivity index (χ4v) is 4.02. The fourth-order valence-electron chi connectivity index (χ4n) is 4.02. The molecule has 7 heteroatoms. The van der Waals surface area contributed by atoms with Crippen molar-refractivity contribution in [2.45, 2.75) is 18.4 Å². The Morgan fingerprint density at radius 3 is 2.55 bits per heavy atom. The Balaban J connectivity index is 1.39. The molecule has 4 aromatic rings. The molecule has 0 atom stereocenters. The van der Waals surface area contributed by atoms with E-state index >= 15 is 0 Å². The molecule has 29 heavy (non-hydrogen) atoms. The summed E-state index contributed by atoms with van der Waals surface area (Å²) in [6.07, 6.45) is 2.69. The maximum absolute atomic E-state index is 12.8. The Morgan fingerprint density at radius 1 is 1.03 bits per heavy atom. The van der Waals surface area contributed by atoms with Crippen LogP contribution in [0.4, 0.5) is 11.5 Å². The first-order valence-corrected chi connectivity index (χ1v) is 9.76. The Hall–Kier alpha value is -3.45. The van der Waals surface area contributed by atoms with Crippen LogP contribution < -0.4 is 16.0 Å². The van der Waals surface area contributed by atoms with E-state index < -0.39 is 5.54 Å². The summed E-state index contributed by atoms with van der Waals surface area (Å²) in [7, 11) is 0. The molecule has 0 bridgehead atoms. The van der Waals surface area contributed by atoms with E-state index in [0.29, 0.717) is 25.9 Å². The van der Waals surface area contributed by atoms with Crippen LogP contribution in [0.2, 0.25) is 0 Å². The smallest absolute Gasteiger partial charge is 0.244 e. The van der Waals surface area contributed by atoms with E-state index in [-0.39, 0.29) is 5.91 Å². The van der Waals surface area contributed by atoms with Crippen LogP contribution in [0.25, 0.3) is 21.9 Å². The minimum Gasteiger partial charge on any atom is -0.356 e. The average Bonchev–Trinajstić information content (AvgIpc) is 3.14. The number of carbonyl (C=O) groups is 1. The van der Waals surface area contributed by atoms with Gasteiger partial charge in [-0.1, -0.05) is 36.4 Å². The number of amides is 1. The van der Waals surface area contributed by atoms with Gasteiger partial charge in [0.05, 0.1) is 10.9 Å². The summed E-state index contributed by atoms with van der Waals surface area (Å²) in [5, 5.41) is 5.06. The van der Waals surface area contributed by atoms with E-state index in [1.165, 1.54) is 0 Å². The molecule has 4 N–H and O–H groups in total. The van der Waals surface area contributed by atoms with Crippen molar-refractivity contribution in [3.63, 3.8) is 0 Å². The third-order valence-corrected chi connectivity index (χ3v) is 5.72. The number of anilines is 2. The molecule has 1 aliphatic rings. The number of rotatable bonds is 3. The number of hydrogen-bond acceptors (Lipinski definition) is 5. The standard InChI is InChI=1S/C22H22N6O/c23-22(21(29)26-15-6-2-1-3-7-15)10-12-28(13-11-22)20-18-16-8-4-5-9-17(16)27-19(18)24-14-25-20/h1-9,14H,10-13,23H2,(H,26,29)(H,24,25,27).